The Morgan fingerprint density at radius 1 is 1.14 bits per heavy atom. The first-order valence-electron chi connectivity index (χ1n) is 9.83. The minimum Gasteiger partial charge on any atom is -0.338 e. The van der Waals surface area contributed by atoms with Crippen LogP contribution in [-0.2, 0) is 11.3 Å². The van der Waals surface area contributed by atoms with Crippen LogP contribution in [0.1, 0.15) is 40.9 Å². The topological polar surface area (TPSA) is 53.5 Å². The molecule has 5 nitrogen and oxygen atoms in total. The molecule has 0 radical (unpaired) electrons. The van der Waals surface area contributed by atoms with Gasteiger partial charge in [0, 0.05) is 38.1 Å². The van der Waals surface area contributed by atoms with Gasteiger partial charge >= 0.3 is 0 Å². The van der Waals surface area contributed by atoms with Crippen LogP contribution in [0.3, 0.4) is 0 Å². The lowest BCUT2D eigenvalue weighted by Gasteiger charge is -2.39. The number of pyridine rings is 1. The third-order valence-corrected chi connectivity index (χ3v) is 5.98. The molecule has 4 rings (SSSR count). The van der Waals surface area contributed by atoms with Crippen molar-refractivity contribution < 1.29 is 18.4 Å². The largest absolute Gasteiger partial charge is 0.338 e. The van der Waals surface area contributed by atoms with E-state index in [2.05, 4.69) is 4.98 Å². The molecule has 1 unspecified atom stereocenters. The SMILES string of the molecule is Cc1ccc(C(=O)N2CCC3(CCCN(Cc4ccc(F)c(F)c4)C3=O)C2)cn1. The fraction of sp³-hybridized carbons (Fsp3) is 0.409. The zero-order valence-electron chi connectivity index (χ0n) is 16.3. The highest BCUT2D eigenvalue weighted by Gasteiger charge is 2.49. The third-order valence-electron chi connectivity index (χ3n) is 5.98. The van der Waals surface area contributed by atoms with Crippen molar-refractivity contribution in [1.82, 2.24) is 14.8 Å². The number of halogens is 2. The van der Waals surface area contributed by atoms with Gasteiger partial charge in [-0.05, 0) is 56.0 Å². The van der Waals surface area contributed by atoms with Gasteiger partial charge in [-0.25, -0.2) is 8.78 Å². The number of hydrogen-bond acceptors (Lipinski definition) is 3. The van der Waals surface area contributed by atoms with Crippen LogP contribution in [0.4, 0.5) is 8.78 Å². The van der Waals surface area contributed by atoms with E-state index < -0.39 is 17.0 Å². The quantitative estimate of drug-likeness (QED) is 0.796. The van der Waals surface area contributed by atoms with Crippen molar-refractivity contribution in [3.8, 4) is 0 Å². The van der Waals surface area contributed by atoms with Crippen LogP contribution >= 0.6 is 0 Å². The molecule has 152 valence electrons. The summed E-state index contributed by atoms with van der Waals surface area (Å²) in [5, 5.41) is 0. The van der Waals surface area contributed by atoms with E-state index >= 15 is 0 Å². The second-order valence-corrected chi connectivity index (χ2v) is 8.02. The summed E-state index contributed by atoms with van der Waals surface area (Å²) in [6.07, 6.45) is 3.74. The van der Waals surface area contributed by atoms with Crippen LogP contribution in [0.25, 0.3) is 0 Å². The molecule has 7 heteroatoms. The summed E-state index contributed by atoms with van der Waals surface area (Å²) >= 11 is 0. The van der Waals surface area contributed by atoms with Crippen LogP contribution in [0.5, 0.6) is 0 Å². The van der Waals surface area contributed by atoms with Gasteiger partial charge in [0.05, 0.1) is 11.0 Å². The molecule has 2 fully saturated rings. The molecule has 2 aromatic rings. The highest BCUT2D eigenvalue weighted by Crippen LogP contribution is 2.41. The molecule has 1 aromatic heterocycles. The number of nitrogens with zero attached hydrogens (tertiary/aromatic N) is 3. The Morgan fingerprint density at radius 2 is 1.97 bits per heavy atom. The fourth-order valence-corrected chi connectivity index (χ4v) is 4.36. The normalized spacial score (nSPS) is 21.8. The number of carbonyl (C=O) groups is 2. The minimum absolute atomic E-state index is 0.00851. The number of amides is 2. The van der Waals surface area contributed by atoms with Gasteiger partial charge in [0.1, 0.15) is 0 Å². The van der Waals surface area contributed by atoms with E-state index in [1.54, 1.807) is 28.1 Å². The molecule has 1 atom stereocenters. The van der Waals surface area contributed by atoms with Crippen LogP contribution in [0, 0.1) is 24.0 Å². The maximum absolute atomic E-state index is 13.5. The van der Waals surface area contributed by atoms with Gasteiger partial charge in [-0.15, -0.1) is 0 Å². The predicted molar refractivity (Wildman–Crippen MR) is 103 cm³/mol. The summed E-state index contributed by atoms with van der Waals surface area (Å²) in [6, 6.07) is 7.28. The average Bonchev–Trinajstić information content (AvgIpc) is 3.13. The molecule has 2 amide bonds. The van der Waals surface area contributed by atoms with E-state index in [1.807, 2.05) is 6.92 Å². The summed E-state index contributed by atoms with van der Waals surface area (Å²) in [4.78, 5) is 33.7. The van der Waals surface area contributed by atoms with Gasteiger partial charge in [-0.2, -0.15) is 0 Å². The van der Waals surface area contributed by atoms with Crippen LogP contribution in [-0.4, -0.2) is 46.2 Å². The number of aryl methyl sites for hydroxylation is 1. The van der Waals surface area contributed by atoms with E-state index in [0.717, 1.165) is 30.7 Å². The van der Waals surface area contributed by atoms with E-state index in [4.69, 9.17) is 0 Å². The smallest absolute Gasteiger partial charge is 0.255 e. The number of benzene rings is 1. The maximum atomic E-state index is 13.5. The Labute approximate surface area is 168 Å². The Hall–Kier alpha value is -2.83. The van der Waals surface area contributed by atoms with Crippen molar-refractivity contribution in [2.45, 2.75) is 32.7 Å². The van der Waals surface area contributed by atoms with E-state index in [9.17, 15) is 18.4 Å². The molecule has 0 N–H and O–H groups in total. The molecule has 1 spiro atoms. The van der Waals surface area contributed by atoms with Gasteiger partial charge < -0.3 is 9.80 Å². The molecule has 2 aliphatic rings. The van der Waals surface area contributed by atoms with E-state index in [1.165, 1.54) is 6.07 Å². The summed E-state index contributed by atoms with van der Waals surface area (Å²) in [6.45, 7) is 3.59. The van der Waals surface area contributed by atoms with E-state index in [-0.39, 0.29) is 18.4 Å². The number of likely N-dealkylation sites (tertiary alicyclic amines) is 2. The number of piperidine rings is 1. The zero-order valence-corrected chi connectivity index (χ0v) is 16.3. The lowest BCUT2D eigenvalue weighted by molar-refractivity contribution is -0.146. The summed E-state index contributed by atoms with van der Waals surface area (Å²) in [5.41, 5.74) is 1.33. The maximum Gasteiger partial charge on any atom is 0.255 e. The molecular formula is C22H23F2N3O2. The molecule has 1 aromatic carbocycles. The lowest BCUT2D eigenvalue weighted by Crippen LogP contribution is -2.50. The average molecular weight is 399 g/mol. The first-order chi connectivity index (χ1) is 13.9. The number of aromatic nitrogens is 1. The van der Waals surface area contributed by atoms with Crippen LogP contribution in [0.15, 0.2) is 36.5 Å². The summed E-state index contributed by atoms with van der Waals surface area (Å²) in [5.74, 6) is -1.93. The highest BCUT2D eigenvalue weighted by atomic mass is 19.2. The fourth-order valence-electron chi connectivity index (χ4n) is 4.36. The minimum atomic E-state index is -0.911. The van der Waals surface area contributed by atoms with Crippen LogP contribution in [0.2, 0.25) is 0 Å². The Balaban J connectivity index is 1.47. The first kappa shape index (κ1) is 19.5. The molecule has 2 aliphatic heterocycles. The van der Waals surface area contributed by atoms with Gasteiger partial charge in [0.25, 0.3) is 5.91 Å². The predicted octanol–water partition coefficient (Wildman–Crippen LogP) is 3.32. The van der Waals surface area contributed by atoms with Gasteiger partial charge in [-0.1, -0.05) is 6.07 Å². The monoisotopic (exact) mass is 399 g/mol. The van der Waals surface area contributed by atoms with E-state index in [0.29, 0.717) is 37.2 Å². The number of carbonyl (C=O) groups excluding carboxylic acids is 2. The Kier molecular flexibility index (Phi) is 5.06. The summed E-state index contributed by atoms with van der Waals surface area (Å²) in [7, 11) is 0. The summed E-state index contributed by atoms with van der Waals surface area (Å²) < 4.78 is 26.7. The van der Waals surface area contributed by atoms with Gasteiger partial charge in [0.15, 0.2) is 11.6 Å². The van der Waals surface area contributed by atoms with Crippen molar-refractivity contribution in [3.63, 3.8) is 0 Å². The van der Waals surface area contributed by atoms with Crippen molar-refractivity contribution in [1.29, 1.82) is 0 Å². The lowest BCUT2D eigenvalue weighted by atomic mass is 9.78. The molecule has 0 bridgehead atoms. The van der Waals surface area contributed by atoms with Crippen molar-refractivity contribution in [2.75, 3.05) is 19.6 Å². The number of hydrogen-bond donors (Lipinski definition) is 0. The van der Waals surface area contributed by atoms with Crippen molar-refractivity contribution in [3.05, 3.63) is 65.0 Å². The molecule has 0 saturated carbocycles. The zero-order chi connectivity index (χ0) is 20.6. The molecule has 2 saturated heterocycles. The molecule has 3 heterocycles. The third kappa shape index (κ3) is 3.73. The van der Waals surface area contributed by atoms with Crippen LogP contribution < -0.4 is 0 Å². The van der Waals surface area contributed by atoms with Gasteiger partial charge in [-0.3, -0.25) is 14.6 Å². The molecular weight excluding hydrogens is 376 g/mol. The molecule has 0 aliphatic carbocycles. The van der Waals surface area contributed by atoms with Crippen molar-refractivity contribution in [2.24, 2.45) is 5.41 Å². The molecule has 29 heavy (non-hydrogen) atoms. The van der Waals surface area contributed by atoms with Crippen molar-refractivity contribution >= 4 is 11.8 Å². The second kappa shape index (κ2) is 7.54. The first-order valence-corrected chi connectivity index (χ1v) is 9.83. The second-order valence-electron chi connectivity index (χ2n) is 8.02. The van der Waals surface area contributed by atoms with Gasteiger partial charge in [0.2, 0.25) is 5.91 Å². The Bertz CT molecular complexity index is 948. The Morgan fingerprint density at radius 3 is 2.69 bits per heavy atom. The standard InChI is InChI=1S/C22H23F2N3O2/c1-15-3-5-17(12-25-15)20(28)27-10-8-22(14-27)7-2-9-26(21(22)29)13-16-4-6-18(23)19(24)11-16/h3-6,11-12H,2,7-10,13-14H2,1H3. The number of rotatable bonds is 3. The highest BCUT2D eigenvalue weighted by molar-refractivity contribution is 5.95.